The molecule has 1 saturated carbocycles. The molecule has 2 saturated heterocycles. The molecule has 1 aliphatic carbocycles. The summed E-state index contributed by atoms with van der Waals surface area (Å²) in [6, 6.07) is 3.76. The lowest BCUT2D eigenvalue weighted by atomic mass is 9.77. The number of aryl methyl sites for hydroxylation is 1. The standard InChI is InChI=1S/C23H21F3N4O3/c1-13-8-16(21-27-6-7-32-21)20(29-10-13)22(31)30-12-14-2-4-17(30)18(9-14)33-19-5-3-15(11-28-19)23(24,25)26/h3,5-8,10-11,14,17-18H,2,4,9,12H2,1H3. The fraction of sp³-hybridized carbons (Fsp3) is 0.391. The molecule has 3 unspecified atom stereocenters. The average Bonchev–Trinajstić information content (AvgIpc) is 3.33. The molecule has 3 atom stereocenters. The van der Waals surface area contributed by atoms with Crippen LogP contribution in [0.2, 0.25) is 0 Å². The second kappa shape index (κ2) is 8.17. The number of pyridine rings is 2. The number of halogens is 3. The molecule has 2 bridgehead atoms. The number of ether oxygens (including phenoxy) is 1. The molecule has 33 heavy (non-hydrogen) atoms. The van der Waals surface area contributed by atoms with Crippen molar-refractivity contribution in [3.8, 4) is 17.3 Å². The van der Waals surface area contributed by atoms with E-state index in [-0.39, 0.29) is 35.5 Å². The highest BCUT2D eigenvalue weighted by atomic mass is 19.4. The topological polar surface area (TPSA) is 81.4 Å². The SMILES string of the molecule is Cc1cnc(C(=O)N2CC3CCC2C(Oc2ccc(C(F)(F)F)cn2)C3)c(-c2ncco2)c1. The Labute approximate surface area is 187 Å². The Morgan fingerprint density at radius 2 is 2.03 bits per heavy atom. The van der Waals surface area contributed by atoms with Crippen molar-refractivity contribution in [1.82, 2.24) is 19.9 Å². The monoisotopic (exact) mass is 458 g/mol. The first-order valence-electron chi connectivity index (χ1n) is 10.7. The quantitative estimate of drug-likeness (QED) is 0.572. The van der Waals surface area contributed by atoms with Crippen molar-refractivity contribution < 1.29 is 27.1 Å². The van der Waals surface area contributed by atoms with Crippen LogP contribution in [0.1, 0.15) is 40.9 Å². The predicted octanol–water partition coefficient (Wildman–Crippen LogP) is 4.53. The number of carbonyl (C=O) groups excluding carboxylic acids is 1. The molecule has 3 fully saturated rings. The van der Waals surface area contributed by atoms with Crippen molar-refractivity contribution in [2.24, 2.45) is 5.92 Å². The van der Waals surface area contributed by atoms with Gasteiger partial charge >= 0.3 is 6.18 Å². The molecule has 0 N–H and O–H groups in total. The van der Waals surface area contributed by atoms with Crippen LogP contribution in [0.4, 0.5) is 13.2 Å². The number of piperidine rings is 2. The van der Waals surface area contributed by atoms with Crippen LogP contribution >= 0.6 is 0 Å². The number of amides is 1. The van der Waals surface area contributed by atoms with Gasteiger partial charge in [0.1, 0.15) is 18.1 Å². The predicted molar refractivity (Wildman–Crippen MR) is 110 cm³/mol. The summed E-state index contributed by atoms with van der Waals surface area (Å²) in [6.07, 6.45) is 2.93. The van der Waals surface area contributed by atoms with Gasteiger partial charge < -0.3 is 14.1 Å². The Morgan fingerprint density at radius 3 is 2.70 bits per heavy atom. The van der Waals surface area contributed by atoms with E-state index in [1.54, 1.807) is 11.1 Å². The summed E-state index contributed by atoms with van der Waals surface area (Å²) in [6.45, 7) is 2.45. The molecule has 7 nitrogen and oxygen atoms in total. The molecule has 1 amide bonds. The fourth-order valence-corrected chi connectivity index (χ4v) is 4.66. The number of hydrogen-bond donors (Lipinski definition) is 0. The Kier molecular flexibility index (Phi) is 5.30. The molecular weight excluding hydrogens is 437 g/mol. The van der Waals surface area contributed by atoms with Gasteiger partial charge in [-0.3, -0.25) is 4.79 Å². The summed E-state index contributed by atoms with van der Waals surface area (Å²) in [4.78, 5) is 27.7. The maximum atomic E-state index is 13.6. The van der Waals surface area contributed by atoms with Gasteiger partial charge in [-0.2, -0.15) is 13.2 Å². The van der Waals surface area contributed by atoms with Crippen molar-refractivity contribution in [3.05, 3.63) is 59.9 Å². The summed E-state index contributed by atoms with van der Waals surface area (Å²) in [5.41, 5.74) is 0.811. The van der Waals surface area contributed by atoms with Crippen LogP contribution in [-0.4, -0.2) is 44.4 Å². The molecule has 3 aromatic rings. The lowest BCUT2D eigenvalue weighted by Gasteiger charge is -2.49. The van der Waals surface area contributed by atoms with Crippen molar-refractivity contribution in [3.63, 3.8) is 0 Å². The third-order valence-corrected chi connectivity index (χ3v) is 6.21. The van der Waals surface area contributed by atoms with Gasteiger partial charge in [-0.1, -0.05) is 0 Å². The van der Waals surface area contributed by atoms with Crippen molar-refractivity contribution in [2.45, 2.75) is 44.5 Å². The molecule has 3 aromatic heterocycles. The van der Waals surface area contributed by atoms with Gasteiger partial charge in [-0.25, -0.2) is 15.0 Å². The highest BCUT2D eigenvalue weighted by molar-refractivity contribution is 5.98. The highest BCUT2D eigenvalue weighted by Crippen LogP contribution is 2.39. The molecule has 10 heteroatoms. The minimum atomic E-state index is -4.46. The van der Waals surface area contributed by atoms with Crippen LogP contribution in [-0.2, 0) is 6.18 Å². The maximum absolute atomic E-state index is 13.6. The average molecular weight is 458 g/mol. The smallest absolute Gasteiger partial charge is 0.417 e. The Morgan fingerprint density at radius 1 is 1.18 bits per heavy atom. The minimum absolute atomic E-state index is 0.113. The first-order valence-corrected chi connectivity index (χ1v) is 10.7. The summed E-state index contributed by atoms with van der Waals surface area (Å²) < 4.78 is 49.8. The third kappa shape index (κ3) is 4.17. The highest BCUT2D eigenvalue weighted by Gasteiger charge is 2.45. The molecule has 0 spiro atoms. The number of oxazole rings is 1. The van der Waals surface area contributed by atoms with E-state index >= 15 is 0 Å². The van der Waals surface area contributed by atoms with Crippen LogP contribution < -0.4 is 4.74 Å². The van der Waals surface area contributed by atoms with Gasteiger partial charge in [-0.15, -0.1) is 0 Å². The lowest BCUT2D eigenvalue weighted by Crippen LogP contribution is -2.59. The zero-order chi connectivity index (χ0) is 23.2. The molecule has 172 valence electrons. The lowest BCUT2D eigenvalue weighted by molar-refractivity contribution is -0.137. The number of alkyl halides is 3. The van der Waals surface area contributed by atoms with Gasteiger partial charge in [0, 0.05) is 25.0 Å². The number of aromatic nitrogens is 3. The number of nitrogens with zero attached hydrogens (tertiary/aromatic N) is 4. The van der Waals surface area contributed by atoms with Gasteiger partial charge in [0.05, 0.1) is 23.4 Å². The molecule has 0 radical (unpaired) electrons. The number of hydrogen-bond acceptors (Lipinski definition) is 6. The van der Waals surface area contributed by atoms with Crippen LogP contribution in [0.3, 0.4) is 0 Å². The third-order valence-electron chi connectivity index (χ3n) is 6.21. The second-order valence-electron chi connectivity index (χ2n) is 8.49. The van der Waals surface area contributed by atoms with Crippen LogP contribution in [0.5, 0.6) is 5.88 Å². The molecule has 6 rings (SSSR count). The summed E-state index contributed by atoms with van der Waals surface area (Å²) >= 11 is 0. The summed E-state index contributed by atoms with van der Waals surface area (Å²) in [5.74, 6) is 0.418. The molecular formula is C23H21F3N4O3. The second-order valence-corrected chi connectivity index (χ2v) is 8.49. The zero-order valence-electron chi connectivity index (χ0n) is 17.7. The number of carbonyl (C=O) groups is 1. The van der Waals surface area contributed by atoms with Gasteiger partial charge in [-0.05, 0) is 49.8 Å². The molecule has 3 aliphatic rings. The van der Waals surface area contributed by atoms with Gasteiger partial charge in [0.25, 0.3) is 5.91 Å². The van der Waals surface area contributed by atoms with Gasteiger partial charge in [0.15, 0.2) is 0 Å². The largest absolute Gasteiger partial charge is 0.472 e. The van der Waals surface area contributed by atoms with E-state index in [9.17, 15) is 18.0 Å². The Balaban J connectivity index is 1.39. The summed E-state index contributed by atoms with van der Waals surface area (Å²) in [7, 11) is 0. The zero-order valence-corrected chi connectivity index (χ0v) is 17.7. The first-order chi connectivity index (χ1) is 15.8. The molecule has 5 heterocycles. The van der Waals surface area contributed by atoms with Gasteiger partial charge in [0.2, 0.25) is 11.8 Å². The maximum Gasteiger partial charge on any atom is 0.417 e. The van der Waals surface area contributed by atoms with E-state index in [0.29, 0.717) is 24.4 Å². The van der Waals surface area contributed by atoms with Crippen LogP contribution in [0, 0.1) is 12.8 Å². The molecule has 2 aliphatic heterocycles. The summed E-state index contributed by atoms with van der Waals surface area (Å²) in [5, 5.41) is 0. The minimum Gasteiger partial charge on any atom is -0.472 e. The van der Waals surface area contributed by atoms with E-state index in [1.807, 2.05) is 13.0 Å². The van der Waals surface area contributed by atoms with E-state index in [2.05, 4.69) is 15.0 Å². The van der Waals surface area contributed by atoms with Crippen molar-refractivity contribution >= 4 is 5.91 Å². The first kappa shape index (κ1) is 21.4. The Hall–Kier alpha value is -3.43. The van der Waals surface area contributed by atoms with Crippen LogP contribution in [0.25, 0.3) is 11.5 Å². The normalized spacial score (nSPS) is 22.4. The van der Waals surface area contributed by atoms with E-state index in [1.165, 1.54) is 18.5 Å². The number of fused-ring (bicyclic) bond motifs is 3. The van der Waals surface area contributed by atoms with E-state index in [4.69, 9.17) is 9.15 Å². The fourth-order valence-electron chi connectivity index (χ4n) is 4.66. The molecule has 0 aromatic carbocycles. The van der Waals surface area contributed by atoms with E-state index in [0.717, 1.165) is 30.7 Å². The van der Waals surface area contributed by atoms with Crippen molar-refractivity contribution in [2.75, 3.05) is 6.54 Å². The Bertz CT molecular complexity index is 1150. The van der Waals surface area contributed by atoms with Crippen LogP contribution in [0.15, 0.2) is 47.5 Å². The van der Waals surface area contributed by atoms with E-state index < -0.39 is 11.7 Å². The van der Waals surface area contributed by atoms with Crippen molar-refractivity contribution in [1.29, 1.82) is 0 Å². The number of rotatable bonds is 4.